The fourth-order valence-electron chi connectivity index (χ4n) is 4.17. The van der Waals surface area contributed by atoms with Gasteiger partial charge in [0, 0.05) is 41.2 Å². The van der Waals surface area contributed by atoms with Crippen molar-refractivity contribution in [2.75, 3.05) is 11.9 Å². The number of hydrogen-bond acceptors (Lipinski definition) is 7. The largest absolute Gasteiger partial charge is 0.416 e. The van der Waals surface area contributed by atoms with Gasteiger partial charge in [0.25, 0.3) is 0 Å². The van der Waals surface area contributed by atoms with E-state index in [4.69, 9.17) is 15.7 Å². The summed E-state index contributed by atoms with van der Waals surface area (Å²) in [6, 6.07) is 12.6. The Kier molecular flexibility index (Phi) is 7.69. The van der Waals surface area contributed by atoms with E-state index in [2.05, 4.69) is 20.4 Å². The van der Waals surface area contributed by atoms with Crippen LogP contribution in [0.15, 0.2) is 58.4 Å². The van der Waals surface area contributed by atoms with Gasteiger partial charge in [-0.25, -0.2) is 4.98 Å². The van der Waals surface area contributed by atoms with E-state index in [1.165, 1.54) is 17.4 Å². The van der Waals surface area contributed by atoms with Crippen molar-refractivity contribution in [2.24, 2.45) is 5.73 Å². The number of thiazole rings is 1. The van der Waals surface area contributed by atoms with Crippen LogP contribution in [0.25, 0.3) is 22.6 Å². The molecule has 4 N–H and O–H groups in total. The van der Waals surface area contributed by atoms with Crippen LogP contribution < -0.4 is 11.1 Å². The van der Waals surface area contributed by atoms with E-state index in [0.717, 1.165) is 42.8 Å². The molecule has 194 valence electrons. The molecule has 0 saturated carbocycles. The second-order valence-electron chi connectivity index (χ2n) is 8.41. The molecule has 1 aliphatic rings. The van der Waals surface area contributed by atoms with Crippen LogP contribution in [-0.4, -0.2) is 38.6 Å². The smallest absolute Gasteiger partial charge is 0.370 e. The van der Waals surface area contributed by atoms with Crippen LogP contribution in [0.3, 0.4) is 0 Å². The van der Waals surface area contributed by atoms with Gasteiger partial charge in [0.05, 0.1) is 11.3 Å². The van der Waals surface area contributed by atoms with Gasteiger partial charge in [-0.1, -0.05) is 17.3 Å². The number of nitrogens with one attached hydrogen (secondary N) is 2. The van der Waals surface area contributed by atoms with Gasteiger partial charge in [-0.15, -0.1) is 23.7 Å². The van der Waals surface area contributed by atoms with Crippen molar-refractivity contribution in [2.45, 2.75) is 31.5 Å². The molecule has 1 saturated heterocycles. The molecular weight excluding hydrogens is 527 g/mol. The molecule has 1 atom stereocenters. The van der Waals surface area contributed by atoms with Gasteiger partial charge >= 0.3 is 6.18 Å². The lowest BCUT2D eigenvalue weighted by molar-refractivity contribution is -0.137. The molecule has 0 radical (unpaired) electrons. The zero-order chi connectivity index (χ0) is 25.3. The highest BCUT2D eigenvalue weighted by Crippen LogP contribution is 2.33. The number of benzene rings is 2. The van der Waals surface area contributed by atoms with Crippen LogP contribution in [-0.2, 0) is 12.6 Å². The van der Waals surface area contributed by atoms with E-state index >= 15 is 0 Å². The molecule has 8 nitrogen and oxygen atoms in total. The summed E-state index contributed by atoms with van der Waals surface area (Å²) in [7, 11) is 0. The van der Waals surface area contributed by atoms with Crippen LogP contribution in [0.1, 0.15) is 24.3 Å². The number of nitrogens with zero attached hydrogens (tertiary/aromatic N) is 4. The van der Waals surface area contributed by atoms with Crippen LogP contribution in [0.4, 0.5) is 24.0 Å². The van der Waals surface area contributed by atoms with Crippen LogP contribution >= 0.6 is 23.7 Å². The van der Waals surface area contributed by atoms with Crippen LogP contribution in [0, 0.1) is 5.41 Å². The van der Waals surface area contributed by atoms with Crippen molar-refractivity contribution in [1.29, 1.82) is 5.41 Å². The minimum Gasteiger partial charge on any atom is -0.370 e. The normalized spacial score (nSPS) is 15.4. The Balaban J connectivity index is 0.00000320. The molecule has 0 aliphatic carbocycles. The molecule has 5 rings (SSSR count). The Labute approximate surface area is 220 Å². The second-order valence-corrected chi connectivity index (χ2v) is 9.27. The number of rotatable bonds is 6. The van der Waals surface area contributed by atoms with Gasteiger partial charge in [0.2, 0.25) is 11.7 Å². The third kappa shape index (κ3) is 6.03. The van der Waals surface area contributed by atoms with Crippen molar-refractivity contribution in [3.05, 3.63) is 65.4 Å². The van der Waals surface area contributed by atoms with Crippen LogP contribution in [0.2, 0.25) is 0 Å². The minimum atomic E-state index is -4.40. The van der Waals surface area contributed by atoms with Crippen molar-refractivity contribution < 1.29 is 17.7 Å². The molecule has 0 unspecified atom stereocenters. The summed E-state index contributed by atoms with van der Waals surface area (Å²) in [6.07, 6.45) is -1.98. The summed E-state index contributed by atoms with van der Waals surface area (Å²) in [5.41, 5.74) is 7.35. The maximum absolute atomic E-state index is 13.0. The molecule has 0 spiro atoms. The number of aromatic nitrogens is 3. The van der Waals surface area contributed by atoms with Gasteiger partial charge < -0.3 is 20.5 Å². The summed E-state index contributed by atoms with van der Waals surface area (Å²) in [6.45, 7) is 0.760. The number of nitrogens with two attached hydrogens (primary N) is 1. The maximum Gasteiger partial charge on any atom is 0.416 e. The predicted molar refractivity (Wildman–Crippen MR) is 138 cm³/mol. The number of guanidine groups is 1. The highest BCUT2D eigenvalue weighted by Gasteiger charge is 2.30. The van der Waals surface area contributed by atoms with Gasteiger partial charge in [-0.05, 0) is 49.2 Å². The number of likely N-dealkylation sites (tertiary alicyclic amines) is 1. The third-order valence-electron chi connectivity index (χ3n) is 5.95. The standard InChI is InChI=1S/C24H22F3N7OS.ClH/c25-24(26,27)16-4-1-3-15(11-16)19-13-36-23(31-19)30-17-8-6-14(7-9-17)21-32-20(35-33-21)12-18-5-2-10-34(18)22(28)29;/h1,3-4,6-9,11,13,18H,2,5,10,12H2,(H3,28,29)(H,30,31);1H/t18-;/m0./s1. The van der Waals surface area contributed by atoms with E-state index < -0.39 is 11.7 Å². The number of anilines is 2. The van der Waals surface area contributed by atoms with Crippen molar-refractivity contribution in [3.8, 4) is 22.6 Å². The van der Waals surface area contributed by atoms with E-state index in [1.54, 1.807) is 11.4 Å². The lowest BCUT2D eigenvalue weighted by Crippen LogP contribution is -2.41. The third-order valence-corrected chi connectivity index (χ3v) is 6.71. The average Bonchev–Trinajstić information content (AvgIpc) is 3.61. The van der Waals surface area contributed by atoms with Gasteiger partial charge in [0.1, 0.15) is 0 Å². The zero-order valence-electron chi connectivity index (χ0n) is 19.3. The lowest BCUT2D eigenvalue weighted by atomic mass is 10.1. The number of alkyl halides is 3. The Morgan fingerprint density at radius 3 is 2.68 bits per heavy atom. The fraction of sp³-hybridized carbons (Fsp3) is 0.250. The van der Waals surface area contributed by atoms with E-state index in [0.29, 0.717) is 34.5 Å². The molecule has 0 bridgehead atoms. The van der Waals surface area contributed by atoms with Gasteiger partial charge in [-0.3, -0.25) is 5.41 Å². The summed E-state index contributed by atoms with van der Waals surface area (Å²) >= 11 is 1.30. The van der Waals surface area contributed by atoms with Gasteiger partial charge in [0.15, 0.2) is 11.1 Å². The molecule has 0 amide bonds. The Hall–Kier alpha value is -3.64. The first-order valence-electron chi connectivity index (χ1n) is 11.2. The molecule has 1 aliphatic heterocycles. The molecule has 13 heteroatoms. The van der Waals surface area contributed by atoms with Crippen molar-refractivity contribution >= 4 is 40.5 Å². The second kappa shape index (κ2) is 10.8. The zero-order valence-corrected chi connectivity index (χ0v) is 21.0. The first-order chi connectivity index (χ1) is 17.3. The van der Waals surface area contributed by atoms with Crippen LogP contribution in [0.5, 0.6) is 0 Å². The first-order valence-corrected chi connectivity index (χ1v) is 12.1. The summed E-state index contributed by atoms with van der Waals surface area (Å²) < 4.78 is 44.4. The molecule has 37 heavy (non-hydrogen) atoms. The molecule has 2 aromatic heterocycles. The fourth-order valence-corrected chi connectivity index (χ4v) is 4.91. The summed E-state index contributed by atoms with van der Waals surface area (Å²) in [4.78, 5) is 10.8. The highest BCUT2D eigenvalue weighted by atomic mass is 35.5. The topological polar surface area (TPSA) is 117 Å². The predicted octanol–water partition coefficient (Wildman–Crippen LogP) is 5.94. The highest BCUT2D eigenvalue weighted by molar-refractivity contribution is 7.14. The summed E-state index contributed by atoms with van der Waals surface area (Å²) in [5, 5.41) is 17.2. The monoisotopic (exact) mass is 549 g/mol. The SMILES string of the molecule is Cl.N=C(N)N1CCC[C@H]1Cc1nc(-c2ccc(Nc3nc(-c4cccc(C(F)(F)F)c4)cs3)cc2)no1. The Morgan fingerprint density at radius 2 is 1.95 bits per heavy atom. The molecular formula is C24H23ClF3N7OS. The molecule has 1 fully saturated rings. The Bertz CT molecular complexity index is 1370. The number of halogens is 4. The maximum atomic E-state index is 13.0. The van der Waals surface area contributed by atoms with Crippen molar-refractivity contribution in [3.63, 3.8) is 0 Å². The quantitative estimate of drug-likeness (QED) is 0.201. The molecule has 4 aromatic rings. The lowest BCUT2D eigenvalue weighted by Gasteiger charge is -2.23. The van der Waals surface area contributed by atoms with E-state index in [-0.39, 0.29) is 24.4 Å². The van der Waals surface area contributed by atoms with Gasteiger partial charge in [-0.2, -0.15) is 18.2 Å². The number of hydrogen-bond donors (Lipinski definition) is 3. The van der Waals surface area contributed by atoms with E-state index in [9.17, 15) is 13.2 Å². The molecule has 3 heterocycles. The Morgan fingerprint density at radius 1 is 1.16 bits per heavy atom. The molecule has 2 aromatic carbocycles. The summed E-state index contributed by atoms with van der Waals surface area (Å²) in [5.74, 6) is 1.02. The van der Waals surface area contributed by atoms with E-state index in [1.807, 2.05) is 29.2 Å². The first kappa shape index (κ1) is 26.4. The average molecular weight is 550 g/mol. The van der Waals surface area contributed by atoms with Crippen molar-refractivity contribution in [1.82, 2.24) is 20.0 Å². The minimum absolute atomic E-state index is 0.